The molecule has 0 unspecified atom stereocenters. The van der Waals surface area contributed by atoms with Crippen molar-refractivity contribution in [3.8, 4) is 0 Å². The van der Waals surface area contributed by atoms with Crippen LogP contribution in [0.2, 0.25) is 0 Å². The highest BCUT2D eigenvalue weighted by Crippen LogP contribution is 2.27. The number of rotatable bonds is 5. The van der Waals surface area contributed by atoms with Crippen LogP contribution in [0.4, 0.5) is 5.13 Å². The summed E-state index contributed by atoms with van der Waals surface area (Å²) in [7, 11) is 1.94. The van der Waals surface area contributed by atoms with Crippen molar-refractivity contribution in [2.24, 2.45) is 7.05 Å². The first-order valence-electron chi connectivity index (χ1n) is 8.88. The lowest BCUT2D eigenvalue weighted by atomic mass is 10.3. The molecular formula is C17H24N6OS. The van der Waals surface area contributed by atoms with Gasteiger partial charge in [0.25, 0.3) is 5.91 Å². The van der Waals surface area contributed by atoms with Gasteiger partial charge in [-0.1, -0.05) is 0 Å². The van der Waals surface area contributed by atoms with Gasteiger partial charge in [0.2, 0.25) is 0 Å². The van der Waals surface area contributed by atoms with Crippen LogP contribution in [0, 0.1) is 0 Å². The van der Waals surface area contributed by atoms with Gasteiger partial charge in [-0.15, -0.1) is 11.3 Å². The summed E-state index contributed by atoms with van der Waals surface area (Å²) in [5.41, 5.74) is 1.80. The first kappa shape index (κ1) is 16.5. The minimum absolute atomic E-state index is 0.0586. The third-order valence-electron chi connectivity index (χ3n) is 4.67. The SMILES string of the molecule is Cn1cc(CN2CCCN(C(=O)c3csc(NC4CC4)n3)CC2)cn1. The Morgan fingerprint density at radius 1 is 1.32 bits per heavy atom. The van der Waals surface area contributed by atoms with Crippen LogP contribution in [0.5, 0.6) is 0 Å². The summed E-state index contributed by atoms with van der Waals surface area (Å²) in [6.07, 6.45) is 7.38. The van der Waals surface area contributed by atoms with Gasteiger partial charge in [-0.3, -0.25) is 14.4 Å². The third kappa shape index (κ3) is 4.19. The summed E-state index contributed by atoms with van der Waals surface area (Å²) in [5.74, 6) is 0.0586. The third-order valence-corrected chi connectivity index (χ3v) is 5.44. The van der Waals surface area contributed by atoms with Crippen molar-refractivity contribution in [3.05, 3.63) is 29.0 Å². The van der Waals surface area contributed by atoms with E-state index in [0.717, 1.165) is 44.3 Å². The second-order valence-corrected chi connectivity index (χ2v) is 7.76. The lowest BCUT2D eigenvalue weighted by molar-refractivity contribution is 0.0756. The Bertz CT molecular complexity index is 737. The van der Waals surface area contributed by atoms with E-state index in [9.17, 15) is 4.79 Å². The number of amides is 1. The van der Waals surface area contributed by atoms with Crippen molar-refractivity contribution in [3.63, 3.8) is 0 Å². The van der Waals surface area contributed by atoms with Crippen LogP contribution in [0.3, 0.4) is 0 Å². The van der Waals surface area contributed by atoms with Crippen LogP contribution in [0.15, 0.2) is 17.8 Å². The van der Waals surface area contributed by atoms with Crippen molar-refractivity contribution < 1.29 is 4.79 Å². The summed E-state index contributed by atoms with van der Waals surface area (Å²) >= 11 is 1.53. The van der Waals surface area contributed by atoms with Crippen molar-refractivity contribution in [1.29, 1.82) is 0 Å². The highest BCUT2D eigenvalue weighted by atomic mass is 32.1. The Hall–Kier alpha value is -1.93. The normalized spacial score (nSPS) is 19.0. The molecule has 1 saturated heterocycles. The average molecular weight is 360 g/mol. The lowest BCUT2D eigenvalue weighted by Crippen LogP contribution is -2.35. The molecule has 2 fully saturated rings. The van der Waals surface area contributed by atoms with E-state index in [1.165, 1.54) is 29.7 Å². The highest BCUT2D eigenvalue weighted by molar-refractivity contribution is 7.13. The molecule has 1 saturated carbocycles. The number of carbonyl (C=O) groups is 1. The van der Waals surface area contributed by atoms with Crippen LogP contribution < -0.4 is 5.32 Å². The van der Waals surface area contributed by atoms with Gasteiger partial charge in [-0.25, -0.2) is 4.98 Å². The maximum Gasteiger partial charge on any atom is 0.273 e. The van der Waals surface area contributed by atoms with Gasteiger partial charge in [0.15, 0.2) is 5.13 Å². The molecule has 1 aliphatic carbocycles. The molecule has 0 spiro atoms. The second-order valence-electron chi connectivity index (χ2n) is 6.90. The first-order valence-corrected chi connectivity index (χ1v) is 9.76. The van der Waals surface area contributed by atoms with Gasteiger partial charge in [-0.2, -0.15) is 5.10 Å². The molecule has 1 amide bonds. The van der Waals surface area contributed by atoms with Gasteiger partial charge < -0.3 is 10.2 Å². The zero-order valence-corrected chi connectivity index (χ0v) is 15.3. The molecule has 0 aromatic carbocycles. The molecule has 0 bridgehead atoms. The Balaban J connectivity index is 1.33. The fourth-order valence-corrected chi connectivity index (χ4v) is 3.91. The Kier molecular flexibility index (Phi) is 4.72. The van der Waals surface area contributed by atoms with E-state index < -0.39 is 0 Å². The zero-order chi connectivity index (χ0) is 17.2. The van der Waals surface area contributed by atoms with Gasteiger partial charge in [0, 0.05) is 63.0 Å². The number of aryl methyl sites for hydroxylation is 1. The van der Waals surface area contributed by atoms with E-state index >= 15 is 0 Å². The molecule has 25 heavy (non-hydrogen) atoms. The minimum Gasteiger partial charge on any atom is -0.359 e. The molecule has 134 valence electrons. The van der Waals surface area contributed by atoms with Gasteiger partial charge in [0.05, 0.1) is 6.20 Å². The second kappa shape index (κ2) is 7.13. The average Bonchev–Trinajstić information content (AvgIpc) is 3.21. The number of hydrogen-bond donors (Lipinski definition) is 1. The summed E-state index contributed by atoms with van der Waals surface area (Å²) in [6.45, 7) is 4.33. The van der Waals surface area contributed by atoms with Gasteiger partial charge >= 0.3 is 0 Å². The summed E-state index contributed by atoms with van der Waals surface area (Å²) in [4.78, 5) is 21.6. The van der Waals surface area contributed by atoms with Crippen LogP contribution in [-0.4, -0.2) is 62.7 Å². The summed E-state index contributed by atoms with van der Waals surface area (Å²) in [5, 5.41) is 10.3. The summed E-state index contributed by atoms with van der Waals surface area (Å²) < 4.78 is 1.83. The largest absolute Gasteiger partial charge is 0.359 e. The Morgan fingerprint density at radius 2 is 2.20 bits per heavy atom. The number of hydrogen-bond acceptors (Lipinski definition) is 6. The number of nitrogens with zero attached hydrogens (tertiary/aromatic N) is 5. The predicted octanol–water partition coefficient (Wildman–Crippen LogP) is 1.80. The van der Waals surface area contributed by atoms with Crippen LogP contribution in [-0.2, 0) is 13.6 Å². The number of aromatic nitrogens is 3. The van der Waals surface area contributed by atoms with Gasteiger partial charge in [0.1, 0.15) is 5.69 Å². The minimum atomic E-state index is 0.0586. The van der Waals surface area contributed by atoms with E-state index in [1.807, 2.05) is 28.2 Å². The number of anilines is 1. The van der Waals surface area contributed by atoms with E-state index in [-0.39, 0.29) is 5.91 Å². The standard InChI is InChI=1S/C17H24N6OS/c1-21-10-13(9-18-21)11-22-5-2-6-23(8-7-22)16(24)15-12-25-17(20-15)19-14-3-4-14/h9-10,12,14H,2-8,11H2,1H3,(H,19,20). The molecule has 8 heteroatoms. The molecule has 1 aliphatic heterocycles. The fraction of sp³-hybridized carbons (Fsp3) is 0.588. The molecule has 2 aromatic rings. The molecule has 2 aliphatic rings. The molecule has 2 aromatic heterocycles. The number of thiazole rings is 1. The van der Waals surface area contributed by atoms with Crippen LogP contribution in [0.25, 0.3) is 0 Å². The fourth-order valence-electron chi connectivity index (χ4n) is 3.15. The van der Waals surface area contributed by atoms with Gasteiger partial charge in [-0.05, 0) is 19.3 Å². The molecular weight excluding hydrogens is 336 g/mol. The van der Waals surface area contributed by atoms with E-state index in [4.69, 9.17) is 0 Å². The number of nitrogens with one attached hydrogen (secondary N) is 1. The topological polar surface area (TPSA) is 66.3 Å². The maximum atomic E-state index is 12.7. The van der Waals surface area contributed by atoms with E-state index in [2.05, 4.69) is 26.5 Å². The van der Waals surface area contributed by atoms with Crippen LogP contribution >= 0.6 is 11.3 Å². The number of carbonyl (C=O) groups excluding carboxylic acids is 1. The maximum absolute atomic E-state index is 12.7. The lowest BCUT2D eigenvalue weighted by Gasteiger charge is -2.21. The molecule has 3 heterocycles. The van der Waals surface area contributed by atoms with Crippen LogP contribution in [0.1, 0.15) is 35.3 Å². The van der Waals surface area contributed by atoms with Crippen molar-refractivity contribution in [2.45, 2.75) is 31.8 Å². The summed E-state index contributed by atoms with van der Waals surface area (Å²) in [6, 6.07) is 0.563. The quantitative estimate of drug-likeness (QED) is 0.881. The first-order chi connectivity index (χ1) is 12.2. The molecule has 0 radical (unpaired) electrons. The molecule has 0 atom stereocenters. The van der Waals surface area contributed by atoms with Crippen molar-refractivity contribution in [1.82, 2.24) is 24.6 Å². The molecule has 4 rings (SSSR count). The zero-order valence-electron chi connectivity index (χ0n) is 14.5. The Labute approximate surface area is 151 Å². The van der Waals surface area contributed by atoms with E-state index in [1.54, 1.807) is 0 Å². The van der Waals surface area contributed by atoms with Crippen molar-refractivity contribution >= 4 is 22.4 Å². The predicted molar refractivity (Wildman–Crippen MR) is 97.8 cm³/mol. The molecule has 1 N–H and O–H groups in total. The highest BCUT2D eigenvalue weighted by Gasteiger charge is 2.25. The molecule has 7 nitrogen and oxygen atoms in total. The monoisotopic (exact) mass is 360 g/mol. The van der Waals surface area contributed by atoms with E-state index in [0.29, 0.717) is 11.7 Å². The van der Waals surface area contributed by atoms with Crippen molar-refractivity contribution in [2.75, 3.05) is 31.5 Å². The Morgan fingerprint density at radius 3 is 2.96 bits per heavy atom. The smallest absolute Gasteiger partial charge is 0.273 e.